The van der Waals surface area contributed by atoms with Gasteiger partial charge in [-0.2, -0.15) is 0 Å². The fraction of sp³-hybridized carbons (Fsp3) is 1.00. The van der Waals surface area contributed by atoms with E-state index >= 15 is 0 Å². The third-order valence-electron chi connectivity index (χ3n) is 6.14. The molecule has 0 aromatic heterocycles. The second kappa shape index (κ2) is 27.9. The summed E-state index contributed by atoms with van der Waals surface area (Å²) in [5, 5.41) is 0. The molecule has 0 radical (unpaired) electrons. The van der Waals surface area contributed by atoms with E-state index in [-0.39, 0.29) is 0 Å². The van der Waals surface area contributed by atoms with Crippen molar-refractivity contribution in [3.8, 4) is 0 Å². The Labute approximate surface area is 185 Å². The van der Waals surface area contributed by atoms with Gasteiger partial charge in [0.15, 0.2) is 0 Å². The van der Waals surface area contributed by atoms with Crippen LogP contribution in [0.4, 0.5) is 0 Å². The summed E-state index contributed by atoms with van der Waals surface area (Å²) < 4.78 is 5.54. The number of rotatable bonds is 26. The zero-order valence-corrected chi connectivity index (χ0v) is 20.4. The van der Waals surface area contributed by atoms with E-state index in [1.807, 2.05) is 0 Å². The van der Waals surface area contributed by atoms with E-state index in [0.717, 1.165) is 26.2 Å². The Morgan fingerprint density at radius 2 is 0.655 bits per heavy atom. The molecule has 0 aliphatic carbocycles. The van der Waals surface area contributed by atoms with E-state index < -0.39 is 0 Å². The van der Waals surface area contributed by atoms with Crippen LogP contribution in [-0.2, 0) is 4.74 Å². The SMILES string of the molecule is CCCCCCCCCCCCCCCCCCCCCCCCOCCCN. The molecule has 2 nitrogen and oxygen atoms in total. The maximum absolute atomic E-state index is 5.54. The monoisotopic (exact) mass is 411 g/mol. The average Bonchev–Trinajstić information content (AvgIpc) is 2.74. The van der Waals surface area contributed by atoms with Crippen LogP contribution in [0.25, 0.3) is 0 Å². The average molecular weight is 412 g/mol. The van der Waals surface area contributed by atoms with Crippen molar-refractivity contribution in [2.75, 3.05) is 19.8 Å². The molecule has 2 heteroatoms. The number of unbranched alkanes of at least 4 members (excludes halogenated alkanes) is 21. The van der Waals surface area contributed by atoms with Crippen molar-refractivity contribution in [3.63, 3.8) is 0 Å². The van der Waals surface area contributed by atoms with Gasteiger partial charge in [-0.3, -0.25) is 0 Å². The van der Waals surface area contributed by atoms with Crippen molar-refractivity contribution in [2.45, 2.75) is 155 Å². The summed E-state index contributed by atoms with van der Waals surface area (Å²) >= 11 is 0. The van der Waals surface area contributed by atoms with Crippen LogP contribution in [0.3, 0.4) is 0 Å². The largest absolute Gasteiger partial charge is 0.381 e. The van der Waals surface area contributed by atoms with Crippen molar-refractivity contribution in [2.24, 2.45) is 5.73 Å². The Bertz CT molecular complexity index is 243. The highest BCUT2D eigenvalue weighted by molar-refractivity contribution is 4.51. The lowest BCUT2D eigenvalue weighted by molar-refractivity contribution is 0.129. The first-order valence-electron chi connectivity index (χ1n) is 13.7. The van der Waals surface area contributed by atoms with E-state index in [1.165, 1.54) is 141 Å². The first kappa shape index (κ1) is 28.9. The summed E-state index contributed by atoms with van der Waals surface area (Å²) in [7, 11) is 0. The van der Waals surface area contributed by atoms with Gasteiger partial charge >= 0.3 is 0 Å². The molecule has 0 heterocycles. The standard InChI is InChI=1S/C27H57NO/c1-2-3-4-5-6-7-8-9-10-11-12-13-14-15-16-17-18-19-20-21-22-23-26-29-27-24-25-28/h2-28H2,1H3. The van der Waals surface area contributed by atoms with Crippen molar-refractivity contribution >= 4 is 0 Å². The molecule has 0 saturated heterocycles. The molecule has 0 atom stereocenters. The molecule has 0 bridgehead atoms. The van der Waals surface area contributed by atoms with Crippen LogP contribution in [0.1, 0.15) is 155 Å². The topological polar surface area (TPSA) is 35.2 Å². The van der Waals surface area contributed by atoms with E-state index in [2.05, 4.69) is 6.92 Å². The van der Waals surface area contributed by atoms with Crippen LogP contribution >= 0.6 is 0 Å². The van der Waals surface area contributed by atoms with Crippen LogP contribution in [0.5, 0.6) is 0 Å². The van der Waals surface area contributed by atoms with Gasteiger partial charge in [0.2, 0.25) is 0 Å². The maximum Gasteiger partial charge on any atom is 0.0478 e. The molecule has 0 rings (SSSR count). The smallest absolute Gasteiger partial charge is 0.0478 e. The molecule has 0 aromatic rings. The Morgan fingerprint density at radius 1 is 0.379 bits per heavy atom. The van der Waals surface area contributed by atoms with Gasteiger partial charge in [-0.25, -0.2) is 0 Å². The molecule has 0 aliphatic heterocycles. The Hall–Kier alpha value is -0.0800. The predicted octanol–water partition coefficient (Wildman–Crippen LogP) is 8.95. The van der Waals surface area contributed by atoms with E-state index in [4.69, 9.17) is 10.5 Å². The lowest BCUT2D eigenvalue weighted by atomic mass is 10.0. The van der Waals surface area contributed by atoms with Crippen molar-refractivity contribution in [3.05, 3.63) is 0 Å². The number of ether oxygens (including phenoxy) is 1. The normalized spacial score (nSPS) is 11.4. The van der Waals surface area contributed by atoms with E-state index in [9.17, 15) is 0 Å². The van der Waals surface area contributed by atoms with E-state index in [1.54, 1.807) is 0 Å². The lowest BCUT2D eigenvalue weighted by Gasteiger charge is -2.05. The molecule has 29 heavy (non-hydrogen) atoms. The summed E-state index contributed by atoms with van der Waals surface area (Å²) in [6.45, 7) is 4.82. The summed E-state index contributed by atoms with van der Waals surface area (Å²) in [6, 6.07) is 0. The van der Waals surface area contributed by atoms with Crippen molar-refractivity contribution in [1.29, 1.82) is 0 Å². The van der Waals surface area contributed by atoms with Gasteiger partial charge < -0.3 is 10.5 Å². The molecule has 0 saturated carbocycles. The molecule has 0 aliphatic rings. The maximum atomic E-state index is 5.54. The molecule has 0 aromatic carbocycles. The summed E-state index contributed by atoms with van der Waals surface area (Å²) in [5.74, 6) is 0. The summed E-state index contributed by atoms with van der Waals surface area (Å²) in [5.41, 5.74) is 5.45. The second-order valence-electron chi connectivity index (χ2n) is 9.18. The first-order chi connectivity index (χ1) is 14.4. The summed E-state index contributed by atoms with van der Waals surface area (Å²) in [6.07, 6.45) is 32.7. The predicted molar refractivity (Wildman–Crippen MR) is 132 cm³/mol. The Balaban J connectivity index is 2.97. The second-order valence-corrected chi connectivity index (χ2v) is 9.18. The Morgan fingerprint density at radius 3 is 0.966 bits per heavy atom. The van der Waals surface area contributed by atoms with Gasteiger partial charge in [0, 0.05) is 13.2 Å². The molecule has 176 valence electrons. The zero-order valence-electron chi connectivity index (χ0n) is 20.4. The lowest BCUT2D eigenvalue weighted by Crippen LogP contribution is -2.04. The van der Waals surface area contributed by atoms with Gasteiger partial charge in [0.05, 0.1) is 0 Å². The number of hydrogen-bond donors (Lipinski definition) is 1. The molecule has 0 fully saturated rings. The third kappa shape index (κ3) is 27.9. The van der Waals surface area contributed by atoms with Crippen molar-refractivity contribution < 1.29 is 4.74 Å². The fourth-order valence-corrected chi connectivity index (χ4v) is 4.10. The van der Waals surface area contributed by atoms with Gasteiger partial charge in [0.1, 0.15) is 0 Å². The molecule has 0 spiro atoms. The highest BCUT2D eigenvalue weighted by Crippen LogP contribution is 2.15. The summed E-state index contributed by atoms with van der Waals surface area (Å²) in [4.78, 5) is 0. The first-order valence-corrected chi connectivity index (χ1v) is 13.7. The highest BCUT2D eigenvalue weighted by atomic mass is 16.5. The molecule has 2 N–H and O–H groups in total. The zero-order chi connectivity index (χ0) is 21.1. The number of nitrogens with two attached hydrogens (primary N) is 1. The minimum absolute atomic E-state index is 0.749. The van der Waals surface area contributed by atoms with E-state index in [0.29, 0.717) is 0 Å². The van der Waals surface area contributed by atoms with Crippen LogP contribution in [-0.4, -0.2) is 19.8 Å². The van der Waals surface area contributed by atoms with Gasteiger partial charge in [-0.15, -0.1) is 0 Å². The fourth-order valence-electron chi connectivity index (χ4n) is 4.10. The third-order valence-corrected chi connectivity index (χ3v) is 6.14. The minimum Gasteiger partial charge on any atom is -0.381 e. The molecular weight excluding hydrogens is 354 g/mol. The van der Waals surface area contributed by atoms with Crippen LogP contribution in [0.2, 0.25) is 0 Å². The van der Waals surface area contributed by atoms with Crippen molar-refractivity contribution in [1.82, 2.24) is 0 Å². The van der Waals surface area contributed by atoms with Crippen LogP contribution < -0.4 is 5.73 Å². The molecule has 0 amide bonds. The van der Waals surface area contributed by atoms with Gasteiger partial charge in [0.25, 0.3) is 0 Å². The minimum atomic E-state index is 0.749. The Kier molecular flexibility index (Phi) is 27.8. The molecule has 0 unspecified atom stereocenters. The highest BCUT2D eigenvalue weighted by Gasteiger charge is 1.96. The van der Waals surface area contributed by atoms with Crippen LogP contribution in [0.15, 0.2) is 0 Å². The number of hydrogen-bond acceptors (Lipinski definition) is 2. The van der Waals surface area contributed by atoms with Crippen LogP contribution in [0, 0.1) is 0 Å². The quantitative estimate of drug-likeness (QED) is 0.144. The van der Waals surface area contributed by atoms with Gasteiger partial charge in [-0.1, -0.05) is 142 Å². The molecular formula is C27H57NO. The van der Waals surface area contributed by atoms with Gasteiger partial charge in [-0.05, 0) is 19.4 Å².